The van der Waals surface area contributed by atoms with Crippen LogP contribution in [0.3, 0.4) is 0 Å². The first-order valence-electron chi connectivity index (χ1n) is 10.9. The number of nitrogens with zero attached hydrogens (tertiary/aromatic N) is 1. The number of ether oxygens (including phenoxy) is 1. The highest BCUT2D eigenvalue weighted by Gasteiger charge is 2.31. The molecule has 1 atom stereocenters. The average molecular weight is 577 g/mol. The van der Waals surface area contributed by atoms with Gasteiger partial charge in [-0.1, -0.05) is 76.6 Å². The summed E-state index contributed by atoms with van der Waals surface area (Å²) in [6.07, 6.45) is 4.61. The zero-order chi connectivity index (χ0) is 24.0. The van der Waals surface area contributed by atoms with E-state index in [4.69, 9.17) is 39.5 Å². The lowest BCUT2D eigenvalue weighted by atomic mass is 10.1. The van der Waals surface area contributed by atoms with Crippen molar-refractivity contribution in [3.05, 3.63) is 61.5 Å². The van der Waals surface area contributed by atoms with Gasteiger partial charge in [0.15, 0.2) is 6.61 Å². The maximum Gasteiger partial charge on any atom is 0.261 e. The molecule has 1 N–H and O–H groups in total. The fourth-order valence-corrected chi connectivity index (χ4v) is 4.99. The molecule has 2 aromatic rings. The van der Waals surface area contributed by atoms with Crippen molar-refractivity contribution in [2.75, 3.05) is 6.61 Å². The standard InChI is InChI=1S/C24H26BrCl3N2O3/c1-2-21(24(32)29-17-5-3-4-6-17)30(13-15-7-9-18(26)19(27)11-15)23(31)14-33-22-10-8-16(25)12-20(22)28/h7-12,17,21H,2-6,13-14H2,1H3,(H,29,32)/t21-/m1/s1. The van der Waals surface area contributed by atoms with Crippen LogP contribution in [0.5, 0.6) is 5.75 Å². The van der Waals surface area contributed by atoms with Gasteiger partial charge in [0.2, 0.25) is 5.91 Å². The van der Waals surface area contributed by atoms with Crippen molar-refractivity contribution in [1.29, 1.82) is 0 Å². The topological polar surface area (TPSA) is 58.6 Å². The SMILES string of the molecule is CC[C@H](C(=O)NC1CCCC1)N(Cc1ccc(Cl)c(Cl)c1)C(=O)COc1ccc(Br)cc1Cl. The molecule has 0 unspecified atom stereocenters. The first kappa shape index (κ1) is 26.1. The van der Waals surface area contributed by atoms with Crippen molar-refractivity contribution in [1.82, 2.24) is 10.2 Å². The summed E-state index contributed by atoms with van der Waals surface area (Å²) in [5.41, 5.74) is 0.770. The summed E-state index contributed by atoms with van der Waals surface area (Å²) in [4.78, 5) is 28.0. The Kier molecular flexibility index (Phi) is 9.74. The second-order valence-electron chi connectivity index (χ2n) is 8.05. The largest absolute Gasteiger partial charge is 0.482 e. The lowest BCUT2D eigenvalue weighted by Crippen LogP contribution is -2.52. The van der Waals surface area contributed by atoms with Gasteiger partial charge in [-0.3, -0.25) is 9.59 Å². The number of nitrogens with one attached hydrogen (secondary N) is 1. The van der Waals surface area contributed by atoms with E-state index in [1.807, 2.05) is 6.92 Å². The predicted octanol–water partition coefficient (Wildman–Crippen LogP) is 6.65. The molecular weight excluding hydrogens is 551 g/mol. The summed E-state index contributed by atoms with van der Waals surface area (Å²) in [6.45, 7) is 1.83. The Balaban J connectivity index is 1.79. The highest BCUT2D eigenvalue weighted by molar-refractivity contribution is 9.10. The summed E-state index contributed by atoms with van der Waals surface area (Å²) in [7, 11) is 0. The maximum atomic E-state index is 13.3. The number of carbonyl (C=O) groups is 2. The van der Waals surface area contributed by atoms with E-state index in [0.717, 1.165) is 35.7 Å². The van der Waals surface area contributed by atoms with E-state index in [9.17, 15) is 9.59 Å². The Morgan fingerprint density at radius 3 is 2.45 bits per heavy atom. The smallest absolute Gasteiger partial charge is 0.261 e. The molecule has 33 heavy (non-hydrogen) atoms. The molecule has 0 bridgehead atoms. The van der Waals surface area contributed by atoms with E-state index in [2.05, 4.69) is 21.2 Å². The molecule has 1 aliphatic carbocycles. The Hall–Kier alpha value is -1.47. The Morgan fingerprint density at radius 2 is 1.82 bits per heavy atom. The Labute approximate surface area is 217 Å². The first-order chi connectivity index (χ1) is 15.8. The van der Waals surface area contributed by atoms with Crippen LogP contribution < -0.4 is 10.1 Å². The third-order valence-corrected chi connectivity index (χ3v) is 7.20. The van der Waals surface area contributed by atoms with Gasteiger partial charge in [-0.25, -0.2) is 0 Å². The molecular formula is C24H26BrCl3N2O3. The summed E-state index contributed by atoms with van der Waals surface area (Å²) >= 11 is 21.8. The highest BCUT2D eigenvalue weighted by Crippen LogP contribution is 2.28. The minimum Gasteiger partial charge on any atom is -0.482 e. The van der Waals surface area contributed by atoms with Gasteiger partial charge in [0, 0.05) is 17.1 Å². The number of rotatable bonds is 9. The van der Waals surface area contributed by atoms with Crippen LogP contribution in [0.4, 0.5) is 0 Å². The lowest BCUT2D eigenvalue weighted by Gasteiger charge is -2.31. The molecule has 5 nitrogen and oxygen atoms in total. The number of halogens is 4. The fraction of sp³-hybridized carbons (Fsp3) is 0.417. The fourth-order valence-electron chi connectivity index (χ4n) is 3.94. The molecule has 3 rings (SSSR count). The Morgan fingerprint density at radius 1 is 1.09 bits per heavy atom. The minimum absolute atomic E-state index is 0.153. The zero-order valence-electron chi connectivity index (χ0n) is 18.3. The summed E-state index contributed by atoms with van der Waals surface area (Å²) in [5, 5.41) is 4.32. The van der Waals surface area contributed by atoms with Gasteiger partial charge in [0.1, 0.15) is 11.8 Å². The second-order valence-corrected chi connectivity index (χ2v) is 10.2. The first-order valence-corrected chi connectivity index (χ1v) is 12.8. The van der Waals surface area contributed by atoms with Crippen molar-refractivity contribution < 1.29 is 14.3 Å². The third kappa shape index (κ3) is 7.25. The summed E-state index contributed by atoms with van der Waals surface area (Å²) in [6, 6.07) is 9.86. The van der Waals surface area contributed by atoms with Crippen molar-refractivity contribution in [2.45, 2.75) is 57.7 Å². The number of amides is 2. The molecule has 2 aromatic carbocycles. The molecule has 178 valence electrons. The zero-order valence-corrected chi connectivity index (χ0v) is 22.1. The van der Waals surface area contributed by atoms with Gasteiger partial charge in [0.25, 0.3) is 5.91 Å². The lowest BCUT2D eigenvalue weighted by molar-refractivity contribution is -0.143. The van der Waals surface area contributed by atoms with Crippen LogP contribution >= 0.6 is 50.7 Å². The van der Waals surface area contributed by atoms with E-state index in [1.54, 1.807) is 36.4 Å². The number of hydrogen-bond donors (Lipinski definition) is 1. The quantitative estimate of drug-likeness (QED) is 0.364. The van der Waals surface area contributed by atoms with Crippen LogP contribution in [0, 0.1) is 0 Å². The van der Waals surface area contributed by atoms with Crippen LogP contribution in [0.1, 0.15) is 44.6 Å². The van der Waals surface area contributed by atoms with Gasteiger partial charge >= 0.3 is 0 Å². The monoisotopic (exact) mass is 574 g/mol. The van der Waals surface area contributed by atoms with Crippen molar-refractivity contribution in [2.24, 2.45) is 0 Å². The number of benzene rings is 2. The number of hydrogen-bond acceptors (Lipinski definition) is 3. The van der Waals surface area contributed by atoms with Crippen LogP contribution in [-0.2, 0) is 16.1 Å². The van der Waals surface area contributed by atoms with Crippen LogP contribution in [0.25, 0.3) is 0 Å². The molecule has 2 amide bonds. The van der Waals surface area contributed by atoms with Gasteiger partial charge in [0.05, 0.1) is 15.1 Å². The molecule has 0 aliphatic heterocycles. The van der Waals surface area contributed by atoms with Crippen LogP contribution in [-0.4, -0.2) is 35.4 Å². The normalized spacial score (nSPS) is 14.7. The van der Waals surface area contributed by atoms with Crippen LogP contribution in [0.2, 0.25) is 15.1 Å². The molecule has 0 spiro atoms. The van der Waals surface area contributed by atoms with E-state index in [0.29, 0.717) is 27.2 Å². The third-order valence-electron chi connectivity index (χ3n) is 5.67. The molecule has 1 saturated carbocycles. The van der Waals surface area contributed by atoms with Gasteiger partial charge < -0.3 is 15.0 Å². The van der Waals surface area contributed by atoms with E-state index in [-0.39, 0.29) is 31.0 Å². The molecule has 1 fully saturated rings. The molecule has 0 aromatic heterocycles. The molecule has 9 heteroatoms. The molecule has 0 saturated heterocycles. The van der Waals surface area contributed by atoms with Crippen molar-refractivity contribution in [3.8, 4) is 5.75 Å². The van der Waals surface area contributed by atoms with Crippen molar-refractivity contribution >= 4 is 62.5 Å². The van der Waals surface area contributed by atoms with E-state index in [1.165, 1.54) is 4.90 Å². The summed E-state index contributed by atoms with van der Waals surface area (Å²) in [5.74, 6) is -0.0841. The molecule has 0 heterocycles. The van der Waals surface area contributed by atoms with Gasteiger partial charge in [-0.2, -0.15) is 0 Å². The average Bonchev–Trinajstić information content (AvgIpc) is 3.28. The van der Waals surface area contributed by atoms with E-state index < -0.39 is 6.04 Å². The van der Waals surface area contributed by atoms with E-state index >= 15 is 0 Å². The number of carbonyl (C=O) groups excluding carboxylic acids is 2. The van der Waals surface area contributed by atoms with Gasteiger partial charge in [-0.15, -0.1) is 0 Å². The van der Waals surface area contributed by atoms with Crippen molar-refractivity contribution in [3.63, 3.8) is 0 Å². The molecule has 1 aliphatic rings. The van der Waals surface area contributed by atoms with Crippen LogP contribution in [0.15, 0.2) is 40.9 Å². The van der Waals surface area contributed by atoms with Gasteiger partial charge in [-0.05, 0) is 55.2 Å². The maximum absolute atomic E-state index is 13.3. The minimum atomic E-state index is -0.642. The predicted molar refractivity (Wildman–Crippen MR) is 136 cm³/mol. The highest BCUT2D eigenvalue weighted by atomic mass is 79.9. The summed E-state index contributed by atoms with van der Waals surface area (Å²) < 4.78 is 6.51. The molecule has 0 radical (unpaired) electrons. The second kappa shape index (κ2) is 12.3. The Bertz CT molecular complexity index is 999.